The van der Waals surface area contributed by atoms with Crippen molar-refractivity contribution in [3.8, 4) is 0 Å². The first-order valence-electron chi connectivity index (χ1n) is 8.10. The van der Waals surface area contributed by atoms with Gasteiger partial charge < -0.3 is 0 Å². The van der Waals surface area contributed by atoms with Gasteiger partial charge in [0.05, 0.1) is 0 Å². The van der Waals surface area contributed by atoms with Gasteiger partial charge in [-0.3, -0.25) is 0 Å². The second-order valence-electron chi connectivity index (χ2n) is 7.06. The smallest absolute Gasteiger partial charge is 0.0452 e. The molecule has 22 heavy (non-hydrogen) atoms. The molecule has 0 saturated heterocycles. The summed E-state index contributed by atoms with van der Waals surface area (Å²) in [4.78, 5) is 0. The number of rotatable bonds is 5. The Kier molecular flexibility index (Phi) is 5.90. The third kappa shape index (κ3) is 4.70. The van der Waals surface area contributed by atoms with Crippen LogP contribution < -0.4 is 0 Å². The Morgan fingerprint density at radius 3 is 2.09 bits per heavy atom. The van der Waals surface area contributed by atoms with Crippen LogP contribution in [0.25, 0.3) is 0 Å². The van der Waals surface area contributed by atoms with Gasteiger partial charge in [-0.15, -0.1) is 0 Å². The minimum absolute atomic E-state index is 0.121. The monoisotopic (exact) mass is 332 g/mol. The summed E-state index contributed by atoms with van der Waals surface area (Å²) in [6, 6.07) is 0. The lowest BCUT2D eigenvalue weighted by molar-refractivity contribution is 0.833. The van der Waals surface area contributed by atoms with Gasteiger partial charge >= 0.3 is 0 Å². The number of allylic oxidation sites excluding steroid dienone is 8. The van der Waals surface area contributed by atoms with E-state index in [0.717, 1.165) is 6.42 Å². The molecule has 0 nitrogen and oxygen atoms in total. The lowest BCUT2D eigenvalue weighted by Gasteiger charge is -2.32. The van der Waals surface area contributed by atoms with Crippen LogP contribution in [0, 0.1) is 0 Å². The quantitative estimate of drug-likeness (QED) is 0.495. The second kappa shape index (κ2) is 7.31. The minimum atomic E-state index is 0.121. The molecule has 0 aromatic heterocycles. The highest BCUT2D eigenvalue weighted by Gasteiger charge is 2.30. The van der Waals surface area contributed by atoms with Crippen LogP contribution in [0.4, 0.5) is 0 Å². The van der Waals surface area contributed by atoms with Crippen LogP contribution in [-0.2, 0) is 0 Å². The van der Waals surface area contributed by atoms with E-state index in [2.05, 4.69) is 77.2 Å². The fourth-order valence-corrected chi connectivity index (χ4v) is 5.27. The Hall–Kier alpha value is -0.600. The molecule has 0 radical (unpaired) electrons. The molecule has 0 fully saturated rings. The molecule has 0 aromatic carbocycles. The highest BCUT2D eigenvalue weighted by molar-refractivity contribution is 8.77. The maximum Gasteiger partial charge on any atom is 0.0452 e. The Labute approximate surface area is 144 Å². The molecule has 0 heterocycles. The van der Waals surface area contributed by atoms with Crippen LogP contribution in [-0.4, -0.2) is 9.49 Å². The third-order valence-corrected chi connectivity index (χ3v) is 8.28. The molecule has 2 rings (SSSR count). The molecule has 0 atom stereocenters. The highest BCUT2D eigenvalue weighted by Crippen LogP contribution is 2.50. The molecule has 0 bridgehead atoms. The molecule has 2 aliphatic carbocycles. The van der Waals surface area contributed by atoms with Crippen molar-refractivity contribution in [2.24, 2.45) is 0 Å². The van der Waals surface area contributed by atoms with E-state index >= 15 is 0 Å². The molecule has 2 aliphatic rings. The first-order valence-corrected chi connectivity index (χ1v) is 10.2. The summed E-state index contributed by atoms with van der Waals surface area (Å²) in [7, 11) is 3.99. The average molecular weight is 333 g/mol. The molecule has 0 spiro atoms. The zero-order chi connectivity index (χ0) is 16.2. The van der Waals surface area contributed by atoms with Crippen molar-refractivity contribution < 1.29 is 0 Å². The van der Waals surface area contributed by atoms with Crippen LogP contribution in [0.15, 0.2) is 59.3 Å². The SMILES string of the molecule is CC1=CC=CC(C(C)(C)SSC(C)(C)C2=CCCC=C2)=CC1. The molecule has 0 saturated carbocycles. The summed E-state index contributed by atoms with van der Waals surface area (Å²) in [5, 5.41) is 0. The van der Waals surface area contributed by atoms with E-state index < -0.39 is 0 Å². The first kappa shape index (κ1) is 17.7. The molecule has 0 aromatic rings. The van der Waals surface area contributed by atoms with Crippen molar-refractivity contribution in [2.45, 2.75) is 63.4 Å². The van der Waals surface area contributed by atoms with Crippen molar-refractivity contribution in [1.29, 1.82) is 0 Å². The predicted molar refractivity (Wildman–Crippen MR) is 105 cm³/mol. The molecule has 2 heteroatoms. The first-order chi connectivity index (χ1) is 10.3. The fraction of sp³-hybridized carbons (Fsp3) is 0.500. The molecule has 0 aliphatic heterocycles. The standard InChI is InChI=1S/C20H28S2/c1-16-10-9-13-18(15-14-16)20(4,5)22-21-19(2,3)17-11-7-6-8-12-17/h7,9-13,15H,6,8,14H2,1-5H3. The normalized spacial score (nSPS) is 19.4. The average Bonchev–Trinajstić information content (AvgIpc) is 2.72. The van der Waals surface area contributed by atoms with E-state index in [1.54, 1.807) is 0 Å². The van der Waals surface area contributed by atoms with Gasteiger partial charge in [-0.1, -0.05) is 69.7 Å². The Morgan fingerprint density at radius 1 is 0.864 bits per heavy atom. The highest BCUT2D eigenvalue weighted by atomic mass is 33.1. The van der Waals surface area contributed by atoms with Gasteiger partial charge in [0.2, 0.25) is 0 Å². The topological polar surface area (TPSA) is 0 Å². The van der Waals surface area contributed by atoms with E-state index in [4.69, 9.17) is 0 Å². The zero-order valence-corrected chi connectivity index (χ0v) is 16.1. The summed E-state index contributed by atoms with van der Waals surface area (Å²) >= 11 is 0. The minimum Gasteiger partial charge on any atom is -0.0839 e. The van der Waals surface area contributed by atoms with Gasteiger partial charge in [-0.05, 0) is 65.0 Å². The van der Waals surface area contributed by atoms with Gasteiger partial charge in [-0.2, -0.15) is 0 Å². The van der Waals surface area contributed by atoms with Crippen molar-refractivity contribution in [1.82, 2.24) is 0 Å². The van der Waals surface area contributed by atoms with Gasteiger partial charge in [-0.25, -0.2) is 0 Å². The zero-order valence-electron chi connectivity index (χ0n) is 14.5. The largest absolute Gasteiger partial charge is 0.0839 e. The summed E-state index contributed by atoms with van der Waals surface area (Å²) in [6.07, 6.45) is 19.5. The Balaban J connectivity index is 2.03. The van der Waals surface area contributed by atoms with Gasteiger partial charge in [0.1, 0.15) is 0 Å². The van der Waals surface area contributed by atoms with E-state index in [-0.39, 0.29) is 9.49 Å². The van der Waals surface area contributed by atoms with Crippen LogP contribution in [0.5, 0.6) is 0 Å². The van der Waals surface area contributed by atoms with E-state index in [0.29, 0.717) is 0 Å². The van der Waals surface area contributed by atoms with Gasteiger partial charge in [0.25, 0.3) is 0 Å². The van der Waals surface area contributed by atoms with Crippen molar-refractivity contribution in [2.75, 3.05) is 0 Å². The molecule has 0 unspecified atom stereocenters. The van der Waals surface area contributed by atoms with E-state index in [1.807, 2.05) is 21.6 Å². The van der Waals surface area contributed by atoms with Crippen LogP contribution in [0.2, 0.25) is 0 Å². The molecule has 0 amide bonds. The third-order valence-electron chi connectivity index (χ3n) is 4.14. The summed E-state index contributed by atoms with van der Waals surface area (Å²) in [5.41, 5.74) is 4.33. The van der Waals surface area contributed by atoms with Crippen molar-refractivity contribution >= 4 is 21.6 Å². The number of hydrogen-bond donors (Lipinski definition) is 0. The number of hydrogen-bond acceptors (Lipinski definition) is 2. The second-order valence-corrected chi connectivity index (χ2v) is 10.4. The maximum atomic E-state index is 2.40. The molecular formula is C20H28S2. The molecular weight excluding hydrogens is 304 g/mol. The van der Waals surface area contributed by atoms with Crippen LogP contribution in [0.1, 0.15) is 53.9 Å². The lowest BCUT2D eigenvalue weighted by atomic mass is 9.96. The van der Waals surface area contributed by atoms with Crippen molar-refractivity contribution in [3.63, 3.8) is 0 Å². The van der Waals surface area contributed by atoms with Gasteiger partial charge in [0, 0.05) is 9.49 Å². The van der Waals surface area contributed by atoms with Crippen LogP contribution >= 0.6 is 21.6 Å². The summed E-state index contributed by atoms with van der Waals surface area (Å²) in [6.45, 7) is 11.5. The lowest BCUT2D eigenvalue weighted by Crippen LogP contribution is -2.21. The van der Waals surface area contributed by atoms with Crippen molar-refractivity contribution in [3.05, 3.63) is 59.3 Å². The Morgan fingerprint density at radius 2 is 1.50 bits per heavy atom. The predicted octanol–water partition coefficient (Wildman–Crippen LogP) is 7.03. The summed E-state index contributed by atoms with van der Waals surface area (Å²) < 4.78 is 0.276. The van der Waals surface area contributed by atoms with Gasteiger partial charge in [0.15, 0.2) is 0 Å². The summed E-state index contributed by atoms with van der Waals surface area (Å²) in [5.74, 6) is 0. The van der Waals surface area contributed by atoms with E-state index in [1.165, 1.54) is 29.6 Å². The maximum absolute atomic E-state index is 2.40. The molecule has 0 N–H and O–H groups in total. The Bertz CT molecular complexity index is 554. The molecule has 120 valence electrons. The van der Waals surface area contributed by atoms with Crippen LogP contribution in [0.3, 0.4) is 0 Å². The van der Waals surface area contributed by atoms with E-state index in [9.17, 15) is 0 Å². The fourth-order valence-electron chi connectivity index (χ4n) is 2.53.